The monoisotopic (exact) mass is 286 g/mol. The molecule has 1 fully saturated rings. The summed E-state index contributed by atoms with van der Waals surface area (Å²) in [5, 5.41) is 14.4. The molecule has 1 atom stereocenters. The molecule has 0 aliphatic heterocycles. The smallest absolute Gasteiger partial charge is 0.326 e. The molecule has 1 rings (SSSR count). The van der Waals surface area contributed by atoms with Crippen molar-refractivity contribution in [3.05, 3.63) is 0 Å². The van der Waals surface area contributed by atoms with Crippen LogP contribution < -0.4 is 10.6 Å². The summed E-state index contributed by atoms with van der Waals surface area (Å²) in [5.41, 5.74) is 0.265. The predicted molar refractivity (Wildman–Crippen MR) is 75.6 cm³/mol. The summed E-state index contributed by atoms with van der Waals surface area (Å²) < 4.78 is 4.88. The van der Waals surface area contributed by atoms with Gasteiger partial charge in [0.25, 0.3) is 0 Å². The lowest BCUT2D eigenvalue weighted by Crippen LogP contribution is -2.47. The van der Waals surface area contributed by atoms with Crippen LogP contribution in [0.4, 0.5) is 4.79 Å². The van der Waals surface area contributed by atoms with E-state index in [0.29, 0.717) is 26.0 Å². The van der Waals surface area contributed by atoms with Gasteiger partial charge in [0.15, 0.2) is 0 Å². The molecule has 0 aromatic rings. The number of carbonyl (C=O) groups is 2. The summed E-state index contributed by atoms with van der Waals surface area (Å²) in [6, 6.07) is -1.25. The fourth-order valence-electron chi connectivity index (χ4n) is 2.39. The first-order valence-electron chi connectivity index (χ1n) is 7.29. The van der Waals surface area contributed by atoms with Crippen LogP contribution in [0.15, 0.2) is 0 Å². The standard InChI is InChI=1S/C14H26N2O4/c1-3-6-14(7-8-14)10-15-13(19)16-11(12(17)18)5-4-9-20-2/h11H,3-10H2,1-2H3,(H,17,18)(H2,15,16,19). The summed E-state index contributed by atoms with van der Waals surface area (Å²) in [6.07, 6.45) is 5.50. The van der Waals surface area contributed by atoms with Crippen molar-refractivity contribution in [2.75, 3.05) is 20.3 Å². The van der Waals surface area contributed by atoms with Crippen LogP contribution >= 0.6 is 0 Å². The van der Waals surface area contributed by atoms with Crippen LogP contribution in [0.2, 0.25) is 0 Å². The van der Waals surface area contributed by atoms with Gasteiger partial charge in [0, 0.05) is 20.3 Å². The molecule has 1 aliphatic carbocycles. The maximum atomic E-state index is 11.8. The van der Waals surface area contributed by atoms with Crippen LogP contribution in [0.25, 0.3) is 0 Å². The first kappa shape index (κ1) is 16.8. The Morgan fingerprint density at radius 3 is 2.60 bits per heavy atom. The second-order valence-electron chi connectivity index (χ2n) is 5.60. The first-order valence-corrected chi connectivity index (χ1v) is 7.29. The van der Waals surface area contributed by atoms with Gasteiger partial charge >= 0.3 is 12.0 Å². The zero-order valence-corrected chi connectivity index (χ0v) is 12.4. The number of aliphatic carboxylic acids is 1. The highest BCUT2D eigenvalue weighted by Crippen LogP contribution is 2.48. The number of hydrogen-bond acceptors (Lipinski definition) is 3. The van der Waals surface area contributed by atoms with Gasteiger partial charge in [-0.25, -0.2) is 9.59 Å². The second-order valence-corrected chi connectivity index (χ2v) is 5.60. The highest BCUT2D eigenvalue weighted by Gasteiger charge is 2.41. The van der Waals surface area contributed by atoms with Gasteiger partial charge in [-0.1, -0.05) is 13.3 Å². The number of rotatable bonds is 10. The minimum atomic E-state index is -1.01. The largest absolute Gasteiger partial charge is 0.480 e. The number of hydrogen-bond donors (Lipinski definition) is 3. The highest BCUT2D eigenvalue weighted by molar-refractivity contribution is 5.82. The Hall–Kier alpha value is -1.30. The first-order chi connectivity index (χ1) is 9.53. The van der Waals surface area contributed by atoms with Crippen LogP contribution in [0.1, 0.15) is 45.4 Å². The van der Waals surface area contributed by atoms with Crippen molar-refractivity contribution >= 4 is 12.0 Å². The second kappa shape index (κ2) is 8.09. The number of carboxylic acid groups (broad SMARTS) is 1. The molecule has 0 aromatic carbocycles. The van der Waals surface area contributed by atoms with E-state index in [1.165, 1.54) is 0 Å². The highest BCUT2D eigenvalue weighted by atomic mass is 16.5. The number of urea groups is 1. The van der Waals surface area contributed by atoms with Gasteiger partial charge in [0.2, 0.25) is 0 Å². The van der Waals surface area contributed by atoms with E-state index in [1.807, 2.05) is 0 Å². The number of carbonyl (C=O) groups excluding carboxylic acids is 1. The van der Waals surface area contributed by atoms with Gasteiger partial charge in [0.05, 0.1) is 0 Å². The molecular formula is C14H26N2O4. The van der Waals surface area contributed by atoms with E-state index in [1.54, 1.807) is 7.11 Å². The fraction of sp³-hybridized carbons (Fsp3) is 0.857. The Morgan fingerprint density at radius 1 is 1.40 bits per heavy atom. The van der Waals surface area contributed by atoms with Crippen molar-refractivity contribution in [3.8, 4) is 0 Å². The van der Waals surface area contributed by atoms with E-state index >= 15 is 0 Å². The third kappa shape index (κ3) is 5.77. The van der Waals surface area contributed by atoms with Gasteiger partial charge in [-0.15, -0.1) is 0 Å². The normalized spacial score (nSPS) is 17.3. The fourth-order valence-corrected chi connectivity index (χ4v) is 2.39. The quantitative estimate of drug-likeness (QED) is 0.534. The SMILES string of the molecule is CCCC1(CNC(=O)NC(CCCOC)C(=O)O)CC1. The molecule has 6 nitrogen and oxygen atoms in total. The lowest BCUT2D eigenvalue weighted by atomic mass is 10.0. The third-order valence-corrected chi connectivity index (χ3v) is 3.81. The molecule has 116 valence electrons. The molecule has 20 heavy (non-hydrogen) atoms. The van der Waals surface area contributed by atoms with Crippen LogP contribution in [0.3, 0.4) is 0 Å². The molecule has 0 saturated heterocycles. The number of methoxy groups -OCH3 is 1. The summed E-state index contributed by atoms with van der Waals surface area (Å²) in [6.45, 7) is 3.26. The van der Waals surface area contributed by atoms with Gasteiger partial charge in [-0.2, -0.15) is 0 Å². The van der Waals surface area contributed by atoms with Crippen LogP contribution in [-0.2, 0) is 9.53 Å². The molecule has 0 heterocycles. The lowest BCUT2D eigenvalue weighted by molar-refractivity contribution is -0.139. The summed E-state index contributed by atoms with van der Waals surface area (Å²) in [5.74, 6) is -1.01. The molecule has 3 N–H and O–H groups in total. The van der Waals surface area contributed by atoms with Gasteiger partial charge in [-0.3, -0.25) is 0 Å². The number of carboxylic acids is 1. The lowest BCUT2D eigenvalue weighted by Gasteiger charge is -2.18. The van der Waals surface area contributed by atoms with Crippen molar-refractivity contribution < 1.29 is 19.4 Å². The van der Waals surface area contributed by atoms with E-state index < -0.39 is 18.0 Å². The molecule has 0 radical (unpaired) electrons. The summed E-state index contributed by atoms with van der Waals surface area (Å²) in [7, 11) is 1.57. The van der Waals surface area contributed by atoms with Crippen molar-refractivity contribution in [1.29, 1.82) is 0 Å². The van der Waals surface area contributed by atoms with E-state index in [-0.39, 0.29) is 5.41 Å². The van der Waals surface area contributed by atoms with Crippen molar-refractivity contribution in [2.24, 2.45) is 5.41 Å². The van der Waals surface area contributed by atoms with E-state index in [2.05, 4.69) is 17.6 Å². The Morgan fingerprint density at radius 2 is 2.10 bits per heavy atom. The minimum Gasteiger partial charge on any atom is -0.480 e. The zero-order chi connectivity index (χ0) is 15.0. The number of nitrogens with one attached hydrogen (secondary N) is 2. The van der Waals surface area contributed by atoms with Crippen molar-refractivity contribution in [1.82, 2.24) is 10.6 Å². The average molecular weight is 286 g/mol. The van der Waals surface area contributed by atoms with E-state index in [4.69, 9.17) is 9.84 Å². The Kier molecular flexibility index (Phi) is 6.78. The maximum absolute atomic E-state index is 11.8. The molecule has 0 aromatic heterocycles. The molecule has 1 unspecified atom stereocenters. The molecule has 2 amide bonds. The zero-order valence-electron chi connectivity index (χ0n) is 12.4. The molecule has 1 saturated carbocycles. The minimum absolute atomic E-state index is 0.265. The van der Waals surface area contributed by atoms with Crippen molar-refractivity contribution in [2.45, 2.75) is 51.5 Å². The van der Waals surface area contributed by atoms with Crippen LogP contribution in [0, 0.1) is 5.41 Å². The Bertz CT molecular complexity index is 329. The van der Waals surface area contributed by atoms with Gasteiger partial charge in [0.1, 0.15) is 6.04 Å². The molecule has 0 bridgehead atoms. The Labute approximate surface area is 120 Å². The van der Waals surface area contributed by atoms with Gasteiger partial charge < -0.3 is 20.5 Å². The van der Waals surface area contributed by atoms with E-state index in [9.17, 15) is 9.59 Å². The predicted octanol–water partition coefficient (Wildman–Crippen LogP) is 1.75. The third-order valence-electron chi connectivity index (χ3n) is 3.81. The topological polar surface area (TPSA) is 87.7 Å². The molecular weight excluding hydrogens is 260 g/mol. The Balaban J connectivity index is 2.29. The molecule has 0 spiro atoms. The molecule has 6 heteroatoms. The van der Waals surface area contributed by atoms with Crippen LogP contribution in [0.5, 0.6) is 0 Å². The number of amides is 2. The van der Waals surface area contributed by atoms with Crippen molar-refractivity contribution in [3.63, 3.8) is 0 Å². The van der Waals surface area contributed by atoms with E-state index in [0.717, 1.165) is 25.7 Å². The summed E-state index contributed by atoms with van der Waals surface area (Å²) in [4.78, 5) is 22.8. The summed E-state index contributed by atoms with van der Waals surface area (Å²) >= 11 is 0. The van der Waals surface area contributed by atoms with Crippen LogP contribution in [-0.4, -0.2) is 43.4 Å². The average Bonchev–Trinajstić information content (AvgIpc) is 3.16. The maximum Gasteiger partial charge on any atom is 0.326 e. The van der Waals surface area contributed by atoms with Gasteiger partial charge in [-0.05, 0) is 37.5 Å². The number of ether oxygens (including phenoxy) is 1. The molecule has 1 aliphatic rings.